The molecule has 0 aliphatic rings. The summed E-state index contributed by atoms with van der Waals surface area (Å²) in [5.41, 5.74) is -0.441. The largest absolute Gasteiger partial charge is 0.462 e. The van der Waals surface area contributed by atoms with Crippen LogP contribution in [0.3, 0.4) is 0 Å². The molecule has 0 saturated carbocycles. The quantitative estimate of drug-likeness (QED) is 0.640. The number of ether oxygens (including phenoxy) is 1. The number of hydrogen-bond acceptors (Lipinski definition) is 5. The van der Waals surface area contributed by atoms with Crippen LogP contribution < -0.4 is 5.56 Å². The van der Waals surface area contributed by atoms with Crippen LogP contribution in [-0.2, 0) is 4.74 Å². The monoisotopic (exact) mass is 317 g/mol. The van der Waals surface area contributed by atoms with E-state index in [2.05, 4.69) is 0 Å². The van der Waals surface area contributed by atoms with Crippen LogP contribution in [0.2, 0.25) is 0 Å². The molecule has 0 unspecified atom stereocenters. The van der Waals surface area contributed by atoms with Crippen molar-refractivity contribution in [3.05, 3.63) is 63.9 Å². The normalized spacial score (nSPS) is 10.3. The van der Waals surface area contributed by atoms with Gasteiger partial charge in [-0.25, -0.2) is 9.36 Å². The molecule has 1 heterocycles. The maximum Gasteiger partial charge on any atom is 0.343 e. The fourth-order valence-corrected chi connectivity index (χ4v) is 2.50. The van der Waals surface area contributed by atoms with Crippen molar-refractivity contribution in [1.82, 2.24) is 4.57 Å². The van der Waals surface area contributed by atoms with Gasteiger partial charge >= 0.3 is 5.97 Å². The maximum atomic E-state index is 12.6. The average molecular weight is 317 g/mol. The van der Waals surface area contributed by atoms with E-state index in [9.17, 15) is 14.4 Å². The molecular weight excluding hydrogens is 302 g/mol. The van der Waals surface area contributed by atoms with Crippen LogP contribution >= 0.6 is 11.8 Å². The summed E-state index contributed by atoms with van der Waals surface area (Å²) in [6.45, 7) is 1.82. The second-order valence-corrected chi connectivity index (χ2v) is 5.15. The minimum Gasteiger partial charge on any atom is -0.462 e. The zero-order chi connectivity index (χ0) is 16.1. The first-order valence-corrected chi connectivity index (χ1v) is 7.89. The molecule has 2 aromatic rings. The molecule has 1 aromatic heterocycles. The summed E-state index contributed by atoms with van der Waals surface area (Å²) in [5, 5.41) is 0.465. The molecule has 2 rings (SSSR count). The molecule has 0 aliphatic heterocycles. The van der Waals surface area contributed by atoms with Gasteiger partial charge in [-0.05, 0) is 37.4 Å². The van der Waals surface area contributed by atoms with E-state index in [1.807, 2.05) is 0 Å². The lowest BCUT2D eigenvalue weighted by Gasteiger charge is -2.11. The zero-order valence-corrected chi connectivity index (χ0v) is 13.1. The number of esters is 1. The van der Waals surface area contributed by atoms with E-state index in [-0.39, 0.29) is 12.2 Å². The molecule has 0 N–H and O–H groups in total. The molecule has 0 amide bonds. The number of carbonyl (C=O) groups is 2. The lowest BCUT2D eigenvalue weighted by atomic mass is 10.2. The van der Waals surface area contributed by atoms with Crippen LogP contribution in [0.4, 0.5) is 0 Å². The van der Waals surface area contributed by atoms with E-state index in [1.165, 1.54) is 17.8 Å². The fourth-order valence-electron chi connectivity index (χ4n) is 1.95. The smallest absolute Gasteiger partial charge is 0.343 e. The minimum absolute atomic E-state index is 0.149. The number of pyridine rings is 1. The van der Waals surface area contributed by atoms with Gasteiger partial charge in [0.25, 0.3) is 11.5 Å². The highest BCUT2D eigenvalue weighted by molar-refractivity contribution is 7.98. The topological polar surface area (TPSA) is 65.4 Å². The Labute approximate surface area is 131 Å². The Kier molecular flexibility index (Phi) is 5.16. The van der Waals surface area contributed by atoms with Crippen molar-refractivity contribution in [2.75, 3.05) is 12.9 Å². The van der Waals surface area contributed by atoms with Gasteiger partial charge in [-0.1, -0.05) is 18.2 Å². The molecular formula is C16H15NO4S. The fraction of sp³-hybridized carbons (Fsp3) is 0.188. The van der Waals surface area contributed by atoms with Gasteiger partial charge in [0.15, 0.2) is 0 Å². The third-order valence-corrected chi connectivity index (χ3v) is 3.71. The van der Waals surface area contributed by atoms with E-state index < -0.39 is 17.4 Å². The number of rotatable bonds is 4. The summed E-state index contributed by atoms with van der Waals surface area (Å²) >= 11 is 1.26. The molecule has 5 nitrogen and oxygen atoms in total. The summed E-state index contributed by atoms with van der Waals surface area (Å²) in [6, 6.07) is 11.4. The summed E-state index contributed by atoms with van der Waals surface area (Å²) < 4.78 is 5.86. The van der Waals surface area contributed by atoms with E-state index in [0.717, 1.165) is 4.57 Å². The molecule has 1 aromatic carbocycles. The number of carbonyl (C=O) groups excluding carboxylic acids is 2. The van der Waals surface area contributed by atoms with Crippen molar-refractivity contribution in [3.63, 3.8) is 0 Å². The predicted molar refractivity (Wildman–Crippen MR) is 84.6 cm³/mol. The minimum atomic E-state index is -0.727. The molecule has 0 atom stereocenters. The van der Waals surface area contributed by atoms with E-state index in [4.69, 9.17) is 4.74 Å². The number of benzene rings is 1. The second kappa shape index (κ2) is 7.09. The van der Waals surface area contributed by atoms with Gasteiger partial charge in [-0.3, -0.25) is 9.59 Å². The number of thioether (sulfide) groups is 1. The van der Waals surface area contributed by atoms with Crippen LogP contribution in [0.25, 0.3) is 0 Å². The van der Waals surface area contributed by atoms with Crippen molar-refractivity contribution < 1.29 is 14.3 Å². The Morgan fingerprint density at radius 3 is 2.41 bits per heavy atom. The van der Waals surface area contributed by atoms with Crippen molar-refractivity contribution in [2.24, 2.45) is 0 Å². The molecule has 0 bridgehead atoms. The van der Waals surface area contributed by atoms with Gasteiger partial charge in [0.2, 0.25) is 0 Å². The van der Waals surface area contributed by atoms with Crippen LogP contribution in [0, 0.1) is 0 Å². The third kappa shape index (κ3) is 3.12. The van der Waals surface area contributed by atoms with Crippen molar-refractivity contribution in [3.8, 4) is 0 Å². The lowest BCUT2D eigenvalue weighted by molar-refractivity contribution is 0.0523. The lowest BCUT2D eigenvalue weighted by Crippen LogP contribution is -2.33. The number of nitrogens with zero attached hydrogens (tertiary/aromatic N) is 1. The van der Waals surface area contributed by atoms with Gasteiger partial charge in [0, 0.05) is 5.56 Å². The van der Waals surface area contributed by atoms with Gasteiger partial charge in [-0.2, -0.15) is 0 Å². The standard InChI is InChI=1S/C16H15NO4S/c1-3-21-16(20)12-9-10-13(22-2)17(15(12)19)14(18)11-7-5-4-6-8-11/h4-10H,3H2,1-2H3. The predicted octanol–water partition coefficient (Wildman–Crippen LogP) is 2.44. The first-order valence-electron chi connectivity index (χ1n) is 6.67. The molecule has 0 radical (unpaired) electrons. The zero-order valence-electron chi connectivity index (χ0n) is 12.2. The van der Waals surface area contributed by atoms with E-state index in [0.29, 0.717) is 10.6 Å². The molecule has 22 heavy (non-hydrogen) atoms. The first-order chi connectivity index (χ1) is 10.6. The molecule has 0 spiro atoms. The van der Waals surface area contributed by atoms with Crippen molar-refractivity contribution in [1.29, 1.82) is 0 Å². The molecule has 0 saturated heterocycles. The highest BCUT2D eigenvalue weighted by Crippen LogP contribution is 2.15. The van der Waals surface area contributed by atoms with Gasteiger partial charge in [0.1, 0.15) is 5.56 Å². The van der Waals surface area contributed by atoms with Crippen LogP contribution in [-0.4, -0.2) is 29.3 Å². The SMILES string of the molecule is CCOC(=O)c1ccc(SC)n(C(=O)c2ccccc2)c1=O. The van der Waals surface area contributed by atoms with Crippen molar-refractivity contribution in [2.45, 2.75) is 11.9 Å². The van der Waals surface area contributed by atoms with Crippen molar-refractivity contribution >= 4 is 23.6 Å². The number of aromatic nitrogens is 1. The summed E-state index contributed by atoms with van der Waals surface area (Å²) in [6.07, 6.45) is 1.76. The van der Waals surface area contributed by atoms with Crippen LogP contribution in [0.15, 0.2) is 52.3 Å². The molecule has 0 fully saturated rings. The first kappa shape index (κ1) is 16.0. The second-order valence-electron chi connectivity index (χ2n) is 4.32. The van der Waals surface area contributed by atoms with E-state index >= 15 is 0 Å². The Morgan fingerprint density at radius 2 is 1.82 bits per heavy atom. The van der Waals surface area contributed by atoms with Gasteiger partial charge in [0.05, 0.1) is 11.6 Å². The van der Waals surface area contributed by atoms with Gasteiger partial charge < -0.3 is 4.74 Å². The highest BCUT2D eigenvalue weighted by atomic mass is 32.2. The van der Waals surface area contributed by atoms with Gasteiger partial charge in [-0.15, -0.1) is 11.8 Å². The Hall–Kier alpha value is -2.34. The maximum absolute atomic E-state index is 12.6. The van der Waals surface area contributed by atoms with Crippen LogP contribution in [0.5, 0.6) is 0 Å². The molecule has 114 valence electrons. The summed E-state index contributed by atoms with van der Waals surface area (Å²) in [5.74, 6) is -1.20. The molecule has 0 aliphatic carbocycles. The third-order valence-electron chi connectivity index (χ3n) is 2.97. The Balaban J connectivity index is 2.58. The Bertz CT molecular complexity index is 752. The van der Waals surface area contributed by atoms with Crippen LogP contribution in [0.1, 0.15) is 27.6 Å². The highest BCUT2D eigenvalue weighted by Gasteiger charge is 2.20. The average Bonchev–Trinajstić information content (AvgIpc) is 2.54. The van der Waals surface area contributed by atoms with E-state index in [1.54, 1.807) is 49.6 Å². The Morgan fingerprint density at radius 1 is 1.14 bits per heavy atom. The molecule has 6 heteroatoms. The summed E-state index contributed by atoms with van der Waals surface area (Å²) in [4.78, 5) is 36.9. The number of hydrogen-bond donors (Lipinski definition) is 0. The summed E-state index contributed by atoms with van der Waals surface area (Å²) in [7, 11) is 0.